The second-order valence-electron chi connectivity index (χ2n) is 5.04. The van der Waals surface area contributed by atoms with Crippen LogP contribution in [0.2, 0.25) is 0 Å². The zero-order valence-corrected chi connectivity index (χ0v) is 13.9. The first kappa shape index (κ1) is 16.6. The highest BCUT2D eigenvalue weighted by atomic mass is 32.1. The Balaban J connectivity index is 2.02. The molecular formula is C16H21N3O2S. The van der Waals surface area contributed by atoms with Crippen LogP contribution in [-0.4, -0.2) is 23.2 Å². The Hall–Kier alpha value is -1.79. The standard InChI is InChI=1S/C16H21N3O2S/c1-4-12(5-2)15-18-19-16(22-15)17-14(20)13-8-6-11(7-9-13)10-21-3/h6-9,12H,4-5,10H2,1-3H3,(H,17,19,20). The number of anilines is 1. The SMILES string of the molecule is CCC(CC)c1nnc(NC(=O)c2ccc(COC)cc2)s1. The van der Waals surface area contributed by atoms with E-state index in [9.17, 15) is 4.79 Å². The van der Waals surface area contributed by atoms with Crippen LogP contribution in [0.1, 0.15) is 53.5 Å². The molecule has 0 spiro atoms. The molecule has 0 atom stereocenters. The average Bonchev–Trinajstić information content (AvgIpc) is 2.98. The van der Waals surface area contributed by atoms with Gasteiger partial charge in [-0.05, 0) is 30.5 Å². The number of nitrogens with zero attached hydrogens (tertiary/aromatic N) is 2. The molecule has 5 nitrogen and oxygen atoms in total. The summed E-state index contributed by atoms with van der Waals surface area (Å²) in [7, 11) is 1.65. The molecule has 0 saturated carbocycles. The van der Waals surface area contributed by atoms with Gasteiger partial charge in [0.25, 0.3) is 5.91 Å². The maximum atomic E-state index is 12.2. The number of aromatic nitrogens is 2. The summed E-state index contributed by atoms with van der Waals surface area (Å²) in [6.45, 7) is 4.81. The molecule has 1 N–H and O–H groups in total. The van der Waals surface area contributed by atoms with Crippen LogP contribution in [0, 0.1) is 0 Å². The number of carbonyl (C=O) groups is 1. The molecule has 1 aromatic carbocycles. The molecule has 0 saturated heterocycles. The molecule has 1 aromatic heterocycles. The van der Waals surface area contributed by atoms with Gasteiger partial charge < -0.3 is 4.74 Å². The van der Waals surface area contributed by atoms with Crippen LogP contribution >= 0.6 is 11.3 Å². The summed E-state index contributed by atoms with van der Waals surface area (Å²) < 4.78 is 5.05. The molecule has 0 aliphatic rings. The molecule has 118 valence electrons. The van der Waals surface area contributed by atoms with Crippen LogP contribution in [0.5, 0.6) is 0 Å². The van der Waals surface area contributed by atoms with Gasteiger partial charge >= 0.3 is 0 Å². The second kappa shape index (κ2) is 8.00. The summed E-state index contributed by atoms with van der Waals surface area (Å²) in [5.41, 5.74) is 1.63. The number of rotatable bonds is 7. The number of methoxy groups -OCH3 is 1. The highest BCUT2D eigenvalue weighted by Crippen LogP contribution is 2.28. The van der Waals surface area contributed by atoms with Crippen LogP contribution in [0.4, 0.5) is 5.13 Å². The normalized spacial score (nSPS) is 10.9. The minimum absolute atomic E-state index is 0.170. The van der Waals surface area contributed by atoms with E-state index in [1.54, 1.807) is 19.2 Å². The van der Waals surface area contributed by atoms with Gasteiger partial charge in [0, 0.05) is 18.6 Å². The van der Waals surface area contributed by atoms with E-state index in [0.29, 0.717) is 23.2 Å². The van der Waals surface area contributed by atoms with Crippen LogP contribution in [0.3, 0.4) is 0 Å². The third kappa shape index (κ3) is 4.11. The Bertz CT molecular complexity index is 606. The zero-order chi connectivity index (χ0) is 15.9. The predicted octanol–water partition coefficient (Wildman–Crippen LogP) is 3.84. The Labute approximate surface area is 134 Å². The molecule has 1 amide bonds. The molecule has 2 rings (SSSR count). The summed E-state index contributed by atoms with van der Waals surface area (Å²) in [5.74, 6) is 0.243. The predicted molar refractivity (Wildman–Crippen MR) is 88.3 cm³/mol. The minimum atomic E-state index is -0.170. The molecule has 0 bridgehead atoms. The lowest BCUT2D eigenvalue weighted by atomic mass is 10.1. The Morgan fingerprint density at radius 2 is 1.91 bits per heavy atom. The van der Waals surface area contributed by atoms with Crippen molar-refractivity contribution in [2.24, 2.45) is 0 Å². The number of hydrogen-bond acceptors (Lipinski definition) is 5. The lowest BCUT2D eigenvalue weighted by molar-refractivity contribution is 0.102. The fourth-order valence-corrected chi connectivity index (χ4v) is 3.18. The van der Waals surface area contributed by atoms with Crippen molar-refractivity contribution >= 4 is 22.4 Å². The van der Waals surface area contributed by atoms with Crippen molar-refractivity contribution in [3.8, 4) is 0 Å². The minimum Gasteiger partial charge on any atom is -0.380 e. The molecule has 0 fully saturated rings. The smallest absolute Gasteiger partial charge is 0.257 e. The van der Waals surface area contributed by atoms with E-state index in [-0.39, 0.29) is 5.91 Å². The van der Waals surface area contributed by atoms with E-state index in [0.717, 1.165) is 23.4 Å². The maximum Gasteiger partial charge on any atom is 0.257 e. The second-order valence-corrected chi connectivity index (χ2v) is 6.05. The molecule has 0 aliphatic heterocycles. The number of hydrogen-bond donors (Lipinski definition) is 1. The van der Waals surface area contributed by atoms with E-state index in [2.05, 4.69) is 29.4 Å². The van der Waals surface area contributed by atoms with Crippen molar-refractivity contribution < 1.29 is 9.53 Å². The molecule has 6 heteroatoms. The van der Waals surface area contributed by atoms with Crippen LogP contribution < -0.4 is 5.32 Å². The van der Waals surface area contributed by atoms with E-state index >= 15 is 0 Å². The zero-order valence-electron chi connectivity index (χ0n) is 13.1. The first-order valence-corrected chi connectivity index (χ1v) is 8.22. The third-order valence-corrected chi connectivity index (χ3v) is 4.52. The summed E-state index contributed by atoms with van der Waals surface area (Å²) in [5, 5.41) is 12.6. The van der Waals surface area contributed by atoms with Crippen LogP contribution in [0.25, 0.3) is 0 Å². The highest BCUT2D eigenvalue weighted by molar-refractivity contribution is 7.15. The average molecular weight is 319 g/mol. The van der Waals surface area contributed by atoms with Crippen molar-refractivity contribution in [2.75, 3.05) is 12.4 Å². The van der Waals surface area contributed by atoms with E-state index in [1.807, 2.05) is 12.1 Å². The summed E-state index contributed by atoms with van der Waals surface area (Å²) in [6, 6.07) is 7.33. The molecule has 22 heavy (non-hydrogen) atoms. The first-order valence-electron chi connectivity index (χ1n) is 7.40. The van der Waals surface area contributed by atoms with Gasteiger partial charge in [-0.15, -0.1) is 10.2 Å². The van der Waals surface area contributed by atoms with E-state index in [4.69, 9.17) is 4.74 Å². The van der Waals surface area contributed by atoms with Crippen LogP contribution in [0.15, 0.2) is 24.3 Å². The number of amides is 1. The van der Waals surface area contributed by atoms with Crippen molar-refractivity contribution in [3.05, 3.63) is 40.4 Å². The van der Waals surface area contributed by atoms with Crippen molar-refractivity contribution in [2.45, 2.75) is 39.2 Å². The number of carbonyl (C=O) groups excluding carboxylic acids is 1. The topological polar surface area (TPSA) is 64.1 Å². The maximum absolute atomic E-state index is 12.2. The monoisotopic (exact) mass is 319 g/mol. The lowest BCUT2D eigenvalue weighted by Crippen LogP contribution is -2.11. The molecule has 1 heterocycles. The fourth-order valence-electron chi connectivity index (χ4n) is 2.18. The van der Waals surface area contributed by atoms with Gasteiger partial charge in [-0.2, -0.15) is 0 Å². The fraction of sp³-hybridized carbons (Fsp3) is 0.438. The van der Waals surface area contributed by atoms with Gasteiger partial charge in [0.15, 0.2) is 0 Å². The summed E-state index contributed by atoms with van der Waals surface area (Å²) >= 11 is 1.45. The molecule has 0 radical (unpaired) electrons. The van der Waals surface area contributed by atoms with Crippen molar-refractivity contribution in [3.63, 3.8) is 0 Å². The van der Waals surface area contributed by atoms with Gasteiger partial charge in [-0.25, -0.2) is 0 Å². The van der Waals surface area contributed by atoms with Gasteiger partial charge in [-0.3, -0.25) is 10.1 Å². The highest BCUT2D eigenvalue weighted by Gasteiger charge is 2.15. The van der Waals surface area contributed by atoms with Crippen LogP contribution in [-0.2, 0) is 11.3 Å². The molecule has 0 unspecified atom stereocenters. The Kier molecular flexibility index (Phi) is 6.03. The quantitative estimate of drug-likeness (QED) is 0.842. The van der Waals surface area contributed by atoms with E-state index < -0.39 is 0 Å². The molecular weight excluding hydrogens is 298 g/mol. The largest absolute Gasteiger partial charge is 0.380 e. The Morgan fingerprint density at radius 3 is 2.50 bits per heavy atom. The van der Waals surface area contributed by atoms with Gasteiger partial charge in [0.1, 0.15) is 5.01 Å². The number of benzene rings is 1. The van der Waals surface area contributed by atoms with E-state index in [1.165, 1.54) is 11.3 Å². The summed E-state index contributed by atoms with van der Waals surface area (Å²) in [6.07, 6.45) is 2.06. The van der Waals surface area contributed by atoms with Gasteiger partial charge in [0.2, 0.25) is 5.13 Å². The summed E-state index contributed by atoms with van der Waals surface area (Å²) in [4.78, 5) is 12.2. The lowest BCUT2D eigenvalue weighted by Gasteiger charge is -2.06. The van der Waals surface area contributed by atoms with Gasteiger partial charge in [-0.1, -0.05) is 37.3 Å². The van der Waals surface area contributed by atoms with Crippen molar-refractivity contribution in [1.29, 1.82) is 0 Å². The first-order chi connectivity index (χ1) is 10.7. The van der Waals surface area contributed by atoms with Crippen molar-refractivity contribution in [1.82, 2.24) is 10.2 Å². The number of nitrogens with one attached hydrogen (secondary N) is 1. The van der Waals surface area contributed by atoms with Gasteiger partial charge in [0.05, 0.1) is 6.61 Å². The molecule has 0 aliphatic carbocycles. The third-order valence-electron chi connectivity index (χ3n) is 3.52. The number of ether oxygens (including phenoxy) is 1. The Morgan fingerprint density at radius 1 is 1.23 bits per heavy atom. The molecule has 2 aromatic rings.